The molecule has 4 aromatic rings. The number of hydrogen-bond donors (Lipinski definition) is 3. The molecule has 2 aromatic heterocycles. The van der Waals surface area contributed by atoms with Crippen LogP contribution in [0.2, 0.25) is 0 Å². The first-order valence-electron chi connectivity index (χ1n) is 10.6. The van der Waals surface area contributed by atoms with Gasteiger partial charge in [0.15, 0.2) is 5.78 Å². The van der Waals surface area contributed by atoms with Gasteiger partial charge >= 0.3 is 0 Å². The molecule has 0 aliphatic rings. The number of fused-ring (bicyclic) bond motifs is 1. The summed E-state index contributed by atoms with van der Waals surface area (Å²) in [6.45, 7) is 0.582. The molecule has 1 amide bonds. The Kier molecular flexibility index (Phi) is 6.58. The van der Waals surface area contributed by atoms with Crippen LogP contribution in [0.1, 0.15) is 43.6 Å². The minimum atomic E-state index is -0.540. The van der Waals surface area contributed by atoms with Gasteiger partial charge in [0.2, 0.25) is 0 Å². The van der Waals surface area contributed by atoms with Gasteiger partial charge in [0.05, 0.1) is 17.7 Å². The summed E-state index contributed by atoms with van der Waals surface area (Å²) in [5.74, 6) is -0.368. The van der Waals surface area contributed by atoms with Crippen molar-refractivity contribution in [3.8, 4) is 6.07 Å². The second-order valence-corrected chi connectivity index (χ2v) is 7.59. The summed E-state index contributed by atoms with van der Waals surface area (Å²) < 4.78 is 0. The van der Waals surface area contributed by atoms with Crippen molar-refractivity contribution in [3.63, 3.8) is 0 Å². The Balaban J connectivity index is 1.57. The van der Waals surface area contributed by atoms with Crippen LogP contribution in [0.4, 0.5) is 0 Å². The Bertz CT molecular complexity index is 1320. The van der Waals surface area contributed by atoms with Crippen molar-refractivity contribution in [1.29, 1.82) is 5.26 Å². The third-order valence-corrected chi connectivity index (χ3v) is 5.50. The molecule has 0 saturated carbocycles. The zero-order chi connectivity index (χ0) is 23.2. The van der Waals surface area contributed by atoms with Crippen molar-refractivity contribution < 1.29 is 9.59 Å². The van der Waals surface area contributed by atoms with E-state index in [0.29, 0.717) is 35.1 Å². The molecule has 0 aliphatic carbocycles. The van der Waals surface area contributed by atoms with Gasteiger partial charge in [-0.3, -0.25) is 9.59 Å². The molecule has 4 rings (SSSR count). The molecule has 1 atom stereocenters. The van der Waals surface area contributed by atoms with E-state index >= 15 is 0 Å². The highest BCUT2D eigenvalue weighted by molar-refractivity contribution is 6.10. The molecule has 164 valence electrons. The smallest absolute Gasteiger partial charge is 0.269 e. The summed E-state index contributed by atoms with van der Waals surface area (Å²) in [4.78, 5) is 32.8. The van der Waals surface area contributed by atoms with Crippen LogP contribution in [0.3, 0.4) is 0 Å². The van der Waals surface area contributed by atoms with Gasteiger partial charge in [-0.1, -0.05) is 42.5 Å². The molecule has 0 spiro atoms. The number of carbonyl (C=O) groups is 2. The van der Waals surface area contributed by atoms with Crippen molar-refractivity contribution in [3.05, 3.63) is 101 Å². The third-order valence-electron chi connectivity index (χ3n) is 5.50. The Morgan fingerprint density at radius 1 is 1.06 bits per heavy atom. The van der Waals surface area contributed by atoms with Crippen LogP contribution in [0.5, 0.6) is 0 Å². The lowest BCUT2D eigenvalue weighted by Crippen LogP contribution is -2.30. The molecule has 0 radical (unpaired) electrons. The molecule has 0 saturated heterocycles. The summed E-state index contributed by atoms with van der Waals surface area (Å²) in [7, 11) is 1.55. The number of nitriles is 1. The number of Topliss-reactive ketones (excluding diaryl/α,β-unsaturated/α-hetero) is 1. The Morgan fingerprint density at radius 2 is 1.82 bits per heavy atom. The van der Waals surface area contributed by atoms with E-state index in [4.69, 9.17) is 5.26 Å². The number of aromatic amines is 1. The number of ketones is 1. The van der Waals surface area contributed by atoms with Gasteiger partial charge in [-0.2, -0.15) is 5.26 Å². The van der Waals surface area contributed by atoms with Crippen molar-refractivity contribution in [2.24, 2.45) is 0 Å². The number of hydrogen-bond acceptors (Lipinski definition) is 5. The van der Waals surface area contributed by atoms with Crippen molar-refractivity contribution in [1.82, 2.24) is 20.6 Å². The van der Waals surface area contributed by atoms with Gasteiger partial charge in [0.25, 0.3) is 5.91 Å². The maximum Gasteiger partial charge on any atom is 0.269 e. The lowest BCUT2D eigenvalue weighted by Gasteiger charge is -2.18. The molecule has 2 aromatic carbocycles. The minimum Gasteiger partial charge on any atom is -0.354 e. The minimum absolute atomic E-state index is 0.0817. The highest BCUT2D eigenvalue weighted by Crippen LogP contribution is 2.24. The third kappa shape index (κ3) is 4.81. The van der Waals surface area contributed by atoms with Gasteiger partial charge in [-0.25, -0.2) is 4.98 Å². The number of aromatic nitrogens is 2. The zero-order valence-corrected chi connectivity index (χ0v) is 18.1. The summed E-state index contributed by atoms with van der Waals surface area (Å²) in [5.41, 5.74) is 3.86. The standard InChI is InChI=1S/C26H23N5O2/c1-28-26(33)22-12-11-20-21(16-30-25(20)31-22)24(32)23(19-5-3-2-4-6-19)29-14-13-17-7-9-18(15-27)10-8-17/h2-12,16,23,29H,13-14H2,1H3,(H,28,33)(H,30,31)/t23-/m1/s1. The molecular weight excluding hydrogens is 414 g/mol. The summed E-state index contributed by atoms with van der Waals surface area (Å²) >= 11 is 0. The number of pyridine rings is 1. The van der Waals surface area contributed by atoms with E-state index in [1.165, 1.54) is 0 Å². The van der Waals surface area contributed by atoms with Gasteiger partial charge in [-0.15, -0.1) is 0 Å². The Labute approximate surface area is 191 Å². The first-order valence-corrected chi connectivity index (χ1v) is 10.6. The fourth-order valence-electron chi connectivity index (χ4n) is 3.73. The molecular formula is C26H23N5O2. The molecule has 7 nitrogen and oxygen atoms in total. The predicted octanol–water partition coefficient (Wildman–Crippen LogP) is 3.55. The predicted molar refractivity (Wildman–Crippen MR) is 126 cm³/mol. The largest absolute Gasteiger partial charge is 0.354 e. The Hall–Kier alpha value is -4.28. The van der Waals surface area contributed by atoms with Crippen LogP contribution < -0.4 is 10.6 Å². The van der Waals surface area contributed by atoms with Crippen LogP contribution in [0.15, 0.2) is 72.9 Å². The van der Waals surface area contributed by atoms with E-state index in [0.717, 1.165) is 11.1 Å². The molecule has 2 heterocycles. The van der Waals surface area contributed by atoms with Crippen molar-refractivity contribution >= 4 is 22.7 Å². The van der Waals surface area contributed by atoms with E-state index in [9.17, 15) is 9.59 Å². The van der Waals surface area contributed by atoms with E-state index in [1.807, 2.05) is 42.5 Å². The fraction of sp³-hybridized carbons (Fsp3) is 0.154. The number of carbonyl (C=O) groups excluding carboxylic acids is 2. The molecule has 33 heavy (non-hydrogen) atoms. The fourth-order valence-corrected chi connectivity index (χ4v) is 3.73. The van der Waals surface area contributed by atoms with E-state index in [2.05, 4.69) is 26.7 Å². The number of nitrogens with one attached hydrogen (secondary N) is 3. The van der Waals surface area contributed by atoms with E-state index in [-0.39, 0.29) is 17.4 Å². The number of amides is 1. The highest BCUT2D eigenvalue weighted by atomic mass is 16.1. The molecule has 7 heteroatoms. The number of H-pyrrole nitrogens is 1. The number of nitrogens with zero attached hydrogens (tertiary/aromatic N) is 2. The lowest BCUT2D eigenvalue weighted by molar-refractivity contribution is 0.0942. The van der Waals surface area contributed by atoms with Gasteiger partial charge < -0.3 is 15.6 Å². The Morgan fingerprint density at radius 3 is 2.52 bits per heavy atom. The maximum atomic E-state index is 13.6. The van der Waals surface area contributed by atoms with Crippen molar-refractivity contribution in [2.45, 2.75) is 12.5 Å². The quantitative estimate of drug-likeness (QED) is 0.365. The topological polar surface area (TPSA) is 111 Å². The van der Waals surface area contributed by atoms with Gasteiger partial charge in [0, 0.05) is 30.7 Å². The zero-order valence-electron chi connectivity index (χ0n) is 18.1. The monoisotopic (exact) mass is 437 g/mol. The average Bonchev–Trinajstić information content (AvgIpc) is 3.30. The lowest BCUT2D eigenvalue weighted by atomic mass is 9.97. The maximum absolute atomic E-state index is 13.6. The van der Waals surface area contributed by atoms with E-state index in [1.54, 1.807) is 37.5 Å². The number of rotatable bonds is 8. The SMILES string of the molecule is CNC(=O)c1ccc2c(C(=O)[C@H](NCCc3ccc(C#N)cc3)c3ccccc3)c[nH]c2n1. The van der Waals surface area contributed by atoms with Crippen LogP contribution in [-0.4, -0.2) is 35.3 Å². The van der Waals surface area contributed by atoms with Gasteiger partial charge in [0.1, 0.15) is 11.3 Å². The van der Waals surface area contributed by atoms with E-state index < -0.39 is 6.04 Å². The molecule has 0 aliphatic heterocycles. The van der Waals surface area contributed by atoms with Crippen LogP contribution in [0.25, 0.3) is 11.0 Å². The summed E-state index contributed by atoms with van der Waals surface area (Å²) in [5, 5.41) is 15.6. The van der Waals surface area contributed by atoms with Gasteiger partial charge in [-0.05, 0) is 41.8 Å². The number of benzene rings is 2. The normalized spacial score (nSPS) is 11.6. The van der Waals surface area contributed by atoms with Crippen LogP contribution in [0, 0.1) is 11.3 Å². The second-order valence-electron chi connectivity index (χ2n) is 7.59. The van der Waals surface area contributed by atoms with Crippen LogP contribution in [-0.2, 0) is 6.42 Å². The molecule has 0 fully saturated rings. The molecule has 0 bridgehead atoms. The highest BCUT2D eigenvalue weighted by Gasteiger charge is 2.24. The first kappa shape index (κ1) is 21.9. The molecule has 3 N–H and O–H groups in total. The second kappa shape index (κ2) is 9.90. The molecule has 0 unspecified atom stereocenters. The first-order chi connectivity index (χ1) is 16.1. The van der Waals surface area contributed by atoms with Crippen LogP contribution >= 0.6 is 0 Å². The summed E-state index contributed by atoms with van der Waals surface area (Å²) in [6, 6.07) is 22.0. The average molecular weight is 438 g/mol. The van der Waals surface area contributed by atoms with Crippen molar-refractivity contribution in [2.75, 3.05) is 13.6 Å². The summed E-state index contributed by atoms with van der Waals surface area (Å²) in [6.07, 6.45) is 2.36.